The Hall–Kier alpha value is -1.87. The first-order valence-electron chi connectivity index (χ1n) is 8.15. The summed E-state index contributed by atoms with van der Waals surface area (Å²) in [5.74, 6) is -0.743. The number of carbonyl (C=O) groups is 2. The third-order valence-corrected chi connectivity index (χ3v) is 5.09. The average molecular weight is 334 g/mol. The summed E-state index contributed by atoms with van der Waals surface area (Å²) in [6, 6.07) is 2.22. The zero-order valence-electron chi connectivity index (χ0n) is 13.4. The molecule has 0 bridgehead atoms. The second-order valence-electron chi connectivity index (χ2n) is 5.69. The van der Waals surface area contributed by atoms with Crippen molar-refractivity contribution in [1.29, 1.82) is 5.26 Å². The fourth-order valence-corrected chi connectivity index (χ4v) is 3.91. The summed E-state index contributed by atoms with van der Waals surface area (Å²) in [6.45, 7) is 1.69. The van der Waals surface area contributed by atoms with Gasteiger partial charge in [0.25, 0.3) is 5.91 Å². The molecule has 0 fully saturated rings. The first-order chi connectivity index (χ1) is 11.2. The van der Waals surface area contributed by atoms with Gasteiger partial charge in [-0.2, -0.15) is 5.26 Å². The highest BCUT2D eigenvalue weighted by Crippen LogP contribution is 2.36. The first-order valence-corrected chi connectivity index (χ1v) is 8.97. The van der Waals surface area contributed by atoms with Gasteiger partial charge in [-0.1, -0.05) is 19.8 Å². The van der Waals surface area contributed by atoms with E-state index in [2.05, 4.69) is 11.4 Å². The summed E-state index contributed by atoms with van der Waals surface area (Å²) in [6.07, 6.45) is 7.27. The van der Waals surface area contributed by atoms with Crippen molar-refractivity contribution in [3.8, 4) is 6.07 Å². The maximum atomic E-state index is 11.9. The van der Waals surface area contributed by atoms with E-state index in [0.29, 0.717) is 17.0 Å². The Morgan fingerprint density at radius 1 is 1.30 bits per heavy atom. The molecule has 0 saturated carbocycles. The number of hydrogen-bond acceptors (Lipinski definition) is 5. The topological polar surface area (TPSA) is 79.2 Å². The van der Waals surface area contributed by atoms with Gasteiger partial charge in [0.2, 0.25) is 0 Å². The number of nitrogens with zero attached hydrogens (tertiary/aromatic N) is 1. The Morgan fingerprint density at radius 2 is 2.09 bits per heavy atom. The van der Waals surface area contributed by atoms with Crippen molar-refractivity contribution >= 4 is 28.2 Å². The van der Waals surface area contributed by atoms with E-state index >= 15 is 0 Å². The second kappa shape index (κ2) is 8.68. The van der Waals surface area contributed by atoms with Crippen LogP contribution in [0.4, 0.5) is 5.00 Å². The van der Waals surface area contributed by atoms with Crippen LogP contribution in [0.3, 0.4) is 0 Å². The quantitative estimate of drug-likeness (QED) is 0.637. The normalized spacial score (nSPS) is 13.6. The molecule has 0 aliphatic heterocycles. The molecule has 1 aromatic rings. The van der Waals surface area contributed by atoms with Gasteiger partial charge in [-0.05, 0) is 37.7 Å². The van der Waals surface area contributed by atoms with Crippen LogP contribution in [0, 0.1) is 11.3 Å². The van der Waals surface area contributed by atoms with Crippen LogP contribution in [0.2, 0.25) is 0 Å². The Kier molecular flexibility index (Phi) is 6.60. The number of anilines is 1. The Morgan fingerprint density at radius 3 is 2.83 bits per heavy atom. The number of ether oxygens (including phenoxy) is 1. The standard InChI is InChI=1S/C17H22N2O3S/c1-2-3-9-16(21)22-11-15(20)19-17-13(10-18)12-7-5-4-6-8-14(12)23-17/h2-9,11H2,1H3,(H,19,20). The molecule has 0 unspecified atom stereocenters. The number of rotatable bonds is 6. The molecule has 124 valence electrons. The molecule has 2 rings (SSSR count). The van der Waals surface area contributed by atoms with Crippen molar-refractivity contribution in [3.63, 3.8) is 0 Å². The van der Waals surface area contributed by atoms with E-state index in [1.165, 1.54) is 22.6 Å². The number of amides is 1. The minimum absolute atomic E-state index is 0.296. The van der Waals surface area contributed by atoms with Crippen LogP contribution >= 0.6 is 11.3 Å². The van der Waals surface area contributed by atoms with Crippen LogP contribution in [0.5, 0.6) is 0 Å². The summed E-state index contributed by atoms with van der Waals surface area (Å²) < 4.78 is 4.94. The van der Waals surface area contributed by atoms with Crippen molar-refractivity contribution in [1.82, 2.24) is 0 Å². The van der Waals surface area contributed by atoms with E-state index in [-0.39, 0.29) is 18.5 Å². The lowest BCUT2D eigenvalue weighted by atomic mass is 10.1. The summed E-state index contributed by atoms with van der Waals surface area (Å²) >= 11 is 1.48. The highest BCUT2D eigenvalue weighted by Gasteiger charge is 2.21. The molecule has 0 saturated heterocycles. The van der Waals surface area contributed by atoms with Gasteiger partial charge in [-0.25, -0.2) is 0 Å². The van der Waals surface area contributed by atoms with E-state index in [9.17, 15) is 14.9 Å². The van der Waals surface area contributed by atoms with Gasteiger partial charge in [0, 0.05) is 11.3 Å². The predicted molar refractivity (Wildman–Crippen MR) is 89.4 cm³/mol. The fourth-order valence-electron chi connectivity index (χ4n) is 2.65. The minimum atomic E-state index is -0.386. The lowest BCUT2D eigenvalue weighted by Gasteiger charge is -2.05. The molecule has 0 aromatic carbocycles. The molecular weight excluding hydrogens is 312 g/mol. The molecule has 1 aromatic heterocycles. The maximum absolute atomic E-state index is 11.9. The van der Waals surface area contributed by atoms with Crippen LogP contribution in [0.15, 0.2) is 0 Å². The summed E-state index contributed by atoms with van der Waals surface area (Å²) in [5.41, 5.74) is 1.67. The third-order valence-electron chi connectivity index (χ3n) is 3.88. The third kappa shape index (κ3) is 4.80. The van der Waals surface area contributed by atoms with Crippen molar-refractivity contribution < 1.29 is 14.3 Å². The SMILES string of the molecule is CCCCC(=O)OCC(=O)Nc1sc2c(c1C#N)CCCCC2. The number of nitrogens with one attached hydrogen (secondary N) is 1. The van der Waals surface area contributed by atoms with Crippen LogP contribution in [0.25, 0.3) is 0 Å². The van der Waals surface area contributed by atoms with Gasteiger partial charge >= 0.3 is 5.97 Å². The van der Waals surface area contributed by atoms with Gasteiger partial charge in [0.1, 0.15) is 11.1 Å². The number of hydrogen-bond donors (Lipinski definition) is 1. The van der Waals surface area contributed by atoms with Gasteiger partial charge in [-0.15, -0.1) is 11.3 Å². The van der Waals surface area contributed by atoms with Crippen molar-refractivity contribution in [2.24, 2.45) is 0 Å². The van der Waals surface area contributed by atoms with Crippen molar-refractivity contribution in [3.05, 3.63) is 16.0 Å². The summed E-state index contributed by atoms with van der Waals surface area (Å²) in [4.78, 5) is 24.6. The molecule has 1 amide bonds. The molecule has 1 N–H and O–H groups in total. The Balaban J connectivity index is 1.96. The Bertz CT molecular complexity index is 616. The van der Waals surface area contributed by atoms with Gasteiger partial charge < -0.3 is 10.1 Å². The highest BCUT2D eigenvalue weighted by atomic mass is 32.1. The number of nitriles is 1. The molecule has 23 heavy (non-hydrogen) atoms. The first kappa shape index (κ1) is 17.5. The van der Waals surface area contributed by atoms with Crippen molar-refractivity contribution in [2.45, 2.75) is 58.3 Å². The molecule has 0 radical (unpaired) electrons. The molecular formula is C17H22N2O3S. The fraction of sp³-hybridized carbons (Fsp3) is 0.588. The lowest BCUT2D eigenvalue weighted by molar-refractivity contribution is -0.147. The minimum Gasteiger partial charge on any atom is -0.456 e. The summed E-state index contributed by atoms with van der Waals surface area (Å²) in [7, 11) is 0. The molecule has 0 atom stereocenters. The number of esters is 1. The van der Waals surface area contributed by atoms with Crippen molar-refractivity contribution in [2.75, 3.05) is 11.9 Å². The Labute approximate surface area is 140 Å². The smallest absolute Gasteiger partial charge is 0.306 e. The van der Waals surface area contributed by atoms with Crippen LogP contribution in [-0.4, -0.2) is 18.5 Å². The molecule has 0 spiro atoms. The second-order valence-corrected chi connectivity index (χ2v) is 6.80. The molecule has 1 aliphatic carbocycles. The zero-order valence-corrected chi connectivity index (χ0v) is 14.3. The number of aryl methyl sites for hydroxylation is 1. The summed E-state index contributed by atoms with van der Waals surface area (Å²) in [5, 5.41) is 12.7. The lowest BCUT2D eigenvalue weighted by Crippen LogP contribution is -2.20. The van der Waals surface area contributed by atoms with E-state index in [0.717, 1.165) is 44.1 Å². The van der Waals surface area contributed by atoms with Crippen LogP contribution < -0.4 is 5.32 Å². The number of thiophene rings is 1. The van der Waals surface area contributed by atoms with Crippen LogP contribution in [0.1, 0.15) is 61.5 Å². The average Bonchev–Trinajstić information content (AvgIpc) is 2.70. The number of fused-ring (bicyclic) bond motifs is 1. The largest absolute Gasteiger partial charge is 0.456 e. The predicted octanol–water partition coefficient (Wildman–Crippen LogP) is 3.56. The molecule has 5 nitrogen and oxygen atoms in total. The van der Waals surface area contributed by atoms with Gasteiger partial charge in [0.05, 0.1) is 5.56 Å². The van der Waals surface area contributed by atoms with E-state index in [1.54, 1.807) is 0 Å². The maximum Gasteiger partial charge on any atom is 0.306 e. The van der Waals surface area contributed by atoms with E-state index < -0.39 is 0 Å². The number of carbonyl (C=O) groups excluding carboxylic acids is 2. The van der Waals surface area contributed by atoms with Gasteiger partial charge in [0.15, 0.2) is 6.61 Å². The van der Waals surface area contributed by atoms with Gasteiger partial charge in [-0.3, -0.25) is 9.59 Å². The molecule has 1 aliphatic rings. The molecule has 1 heterocycles. The van der Waals surface area contributed by atoms with E-state index in [1.807, 2.05) is 6.92 Å². The monoisotopic (exact) mass is 334 g/mol. The van der Waals surface area contributed by atoms with Crippen LogP contribution in [-0.2, 0) is 27.2 Å². The van der Waals surface area contributed by atoms with E-state index in [4.69, 9.17) is 4.74 Å². The zero-order chi connectivity index (χ0) is 16.7. The highest BCUT2D eigenvalue weighted by molar-refractivity contribution is 7.16. The molecule has 6 heteroatoms. The number of unbranched alkanes of at least 4 members (excludes halogenated alkanes) is 1.